The minimum absolute atomic E-state index is 0.108. The van der Waals surface area contributed by atoms with Gasteiger partial charge in [-0.15, -0.1) is 0 Å². The maximum Gasteiger partial charge on any atom is 0.257 e. The fourth-order valence-electron chi connectivity index (χ4n) is 2.42. The molecule has 0 spiro atoms. The van der Waals surface area contributed by atoms with Crippen molar-refractivity contribution in [3.8, 4) is 5.75 Å². The summed E-state index contributed by atoms with van der Waals surface area (Å²) in [5, 5.41) is 0. The summed E-state index contributed by atoms with van der Waals surface area (Å²) in [5.74, 6) is -0.118. The monoisotopic (exact) mass is 404 g/mol. The van der Waals surface area contributed by atoms with Gasteiger partial charge in [-0.05, 0) is 30.7 Å². The minimum Gasteiger partial charge on any atom is -0.493 e. The molecule has 132 valence electrons. The van der Waals surface area contributed by atoms with Crippen LogP contribution in [0.15, 0.2) is 53.0 Å². The third-order valence-corrected chi connectivity index (χ3v) is 4.10. The molecule has 0 fully saturated rings. The predicted octanol–water partition coefficient (Wildman–Crippen LogP) is 3.37. The van der Waals surface area contributed by atoms with Crippen molar-refractivity contribution >= 4 is 27.7 Å². The van der Waals surface area contributed by atoms with Crippen LogP contribution in [0.5, 0.6) is 5.75 Å². The van der Waals surface area contributed by atoms with E-state index in [0.717, 1.165) is 10.0 Å². The number of primary amides is 1. The molecule has 5 nitrogen and oxygen atoms in total. The molecule has 2 rings (SSSR count). The number of carbonyl (C=O) groups excluding carboxylic acids is 2. The summed E-state index contributed by atoms with van der Waals surface area (Å²) < 4.78 is 6.37. The Kier molecular flexibility index (Phi) is 7.01. The van der Waals surface area contributed by atoms with Crippen molar-refractivity contribution < 1.29 is 14.3 Å². The quantitative estimate of drug-likeness (QED) is 0.732. The normalized spacial score (nSPS) is 10.3. The van der Waals surface area contributed by atoms with Crippen LogP contribution in [0, 0.1) is 0 Å². The van der Waals surface area contributed by atoms with Gasteiger partial charge >= 0.3 is 0 Å². The molecule has 2 aromatic carbocycles. The van der Waals surface area contributed by atoms with E-state index in [0.29, 0.717) is 24.5 Å². The second-order valence-electron chi connectivity index (χ2n) is 5.50. The third-order valence-electron chi connectivity index (χ3n) is 3.60. The van der Waals surface area contributed by atoms with Gasteiger partial charge in [-0.1, -0.05) is 46.3 Å². The Labute approximate surface area is 155 Å². The highest BCUT2D eigenvalue weighted by Crippen LogP contribution is 2.25. The molecule has 0 aliphatic carbocycles. The summed E-state index contributed by atoms with van der Waals surface area (Å²) in [6.07, 6.45) is 0.108. The van der Waals surface area contributed by atoms with Crippen LogP contribution >= 0.6 is 15.9 Å². The molecule has 0 atom stereocenters. The fraction of sp³-hybridized carbons (Fsp3) is 0.263. The number of benzene rings is 2. The highest BCUT2D eigenvalue weighted by Gasteiger charge is 2.21. The van der Waals surface area contributed by atoms with Crippen molar-refractivity contribution in [2.45, 2.75) is 19.9 Å². The van der Waals surface area contributed by atoms with Gasteiger partial charge in [0.25, 0.3) is 5.91 Å². The Bertz CT molecular complexity index is 735. The number of nitrogens with two attached hydrogens (primary N) is 1. The lowest BCUT2D eigenvalue weighted by Crippen LogP contribution is -2.34. The van der Waals surface area contributed by atoms with Crippen LogP contribution in [0.4, 0.5) is 0 Å². The molecule has 6 heteroatoms. The van der Waals surface area contributed by atoms with E-state index in [2.05, 4.69) is 15.9 Å². The molecule has 2 aromatic rings. The first-order valence-corrected chi connectivity index (χ1v) is 8.84. The first-order valence-electron chi connectivity index (χ1n) is 8.05. The molecule has 25 heavy (non-hydrogen) atoms. The smallest absolute Gasteiger partial charge is 0.257 e. The second-order valence-corrected chi connectivity index (χ2v) is 6.42. The first kappa shape index (κ1) is 19.0. The van der Waals surface area contributed by atoms with Crippen molar-refractivity contribution in [2.24, 2.45) is 5.73 Å². The highest BCUT2D eigenvalue weighted by molar-refractivity contribution is 9.10. The van der Waals surface area contributed by atoms with Gasteiger partial charge < -0.3 is 15.4 Å². The summed E-state index contributed by atoms with van der Waals surface area (Å²) in [5.41, 5.74) is 6.70. The van der Waals surface area contributed by atoms with E-state index in [1.165, 1.54) is 0 Å². The minimum atomic E-state index is -0.440. The number of hydrogen-bond donors (Lipinski definition) is 1. The molecule has 0 heterocycles. The molecule has 2 N–H and O–H groups in total. The number of amides is 2. The summed E-state index contributed by atoms with van der Waals surface area (Å²) in [6, 6.07) is 14.9. The third kappa shape index (κ3) is 5.60. The van der Waals surface area contributed by atoms with E-state index in [9.17, 15) is 9.59 Å². The number of hydrogen-bond acceptors (Lipinski definition) is 3. The Morgan fingerprint density at radius 1 is 1.16 bits per heavy atom. The van der Waals surface area contributed by atoms with E-state index in [1.807, 2.05) is 43.3 Å². The topological polar surface area (TPSA) is 72.6 Å². The molecule has 0 aliphatic heterocycles. The Morgan fingerprint density at radius 2 is 1.88 bits per heavy atom. The van der Waals surface area contributed by atoms with E-state index in [1.54, 1.807) is 17.0 Å². The van der Waals surface area contributed by atoms with Gasteiger partial charge in [0.15, 0.2) is 0 Å². The van der Waals surface area contributed by atoms with E-state index < -0.39 is 5.91 Å². The van der Waals surface area contributed by atoms with Gasteiger partial charge in [0.1, 0.15) is 5.75 Å². The first-order chi connectivity index (χ1) is 12.0. The maximum absolute atomic E-state index is 13.1. The van der Waals surface area contributed by atoms with Crippen molar-refractivity contribution in [1.82, 2.24) is 4.90 Å². The summed E-state index contributed by atoms with van der Waals surface area (Å²) in [6.45, 7) is 2.97. The Morgan fingerprint density at radius 3 is 2.52 bits per heavy atom. The SMILES string of the molecule is CCOc1ccc(Br)cc1C(=O)N(CCC(N)=O)Cc1ccccc1. The molecular formula is C19H21BrN2O3. The van der Waals surface area contributed by atoms with Crippen LogP contribution in [-0.2, 0) is 11.3 Å². The standard InChI is InChI=1S/C19H21BrN2O3/c1-2-25-17-9-8-15(20)12-16(17)19(24)22(11-10-18(21)23)13-14-6-4-3-5-7-14/h3-9,12H,2,10-11,13H2,1H3,(H2,21,23). The zero-order valence-corrected chi connectivity index (χ0v) is 15.7. The lowest BCUT2D eigenvalue weighted by molar-refractivity contribution is -0.118. The van der Waals surface area contributed by atoms with Crippen LogP contribution < -0.4 is 10.5 Å². The van der Waals surface area contributed by atoms with Gasteiger partial charge in [0.05, 0.1) is 12.2 Å². The molecule has 0 radical (unpaired) electrons. The van der Waals surface area contributed by atoms with Crippen molar-refractivity contribution in [2.75, 3.05) is 13.2 Å². The van der Waals surface area contributed by atoms with Crippen molar-refractivity contribution in [1.29, 1.82) is 0 Å². The lowest BCUT2D eigenvalue weighted by atomic mass is 10.1. The molecule has 0 saturated carbocycles. The largest absolute Gasteiger partial charge is 0.493 e. The summed E-state index contributed by atoms with van der Waals surface area (Å²) in [4.78, 5) is 25.9. The molecule has 0 bridgehead atoms. The zero-order valence-electron chi connectivity index (χ0n) is 14.1. The maximum atomic E-state index is 13.1. The predicted molar refractivity (Wildman–Crippen MR) is 100 cm³/mol. The zero-order chi connectivity index (χ0) is 18.2. The van der Waals surface area contributed by atoms with Crippen LogP contribution in [-0.4, -0.2) is 29.9 Å². The molecular weight excluding hydrogens is 384 g/mol. The number of ether oxygens (including phenoxy) is 1. The lowest BCUT2D eigenvalue weighted by Gasteiger charge is -2.23. The van der Waals surface area contributed by atoms with Gasteiger partial charge in [0.2, 0.25) is 5.91 Å². The van der Waals surface area contributed by atoms with E-state index >= 15 is 0 Å². The number of nitrogens with zero attached hydrogens (tertiary/aromatic N) is 1. The van der Waals surface area contributed by atoms with Crippen molar-refractivity contribution in [3.05, 3.63) is 64.1 Å². The highest BCUT2D eigenvalue weighted by atomic mass is 79.9. The second kappa shape index (κ2) is 9.22. The van der Waals surface area contributed by atoms with Crippen LogP contribution in [0.3, 0.4) is 0 Å². The average molecular weight is 405 g/mol. The van der Waals surface area contributed by atoms with Gasteiger partial charge in [-0.25, -0.2) is 0 Å². The van der Waals surface area contributed by atoms with Crippen molar-refractivity contribution in [3.63, 3.8) is 0 Å². The molecule has 0 aromatic heterocycles. The molecule has 0 unspecified atom stereocenters. The summed E-state index contributed by atoms with van der Waals surface area (Å²) >= 11 is 3.39. The number of rotatable bonds is 8. The number of halogens is 1. The Hall–Kier alpha value is -2.34. The molecule has 0 saturated heterocycles. The Balaban J connectivity index is 2.30. The van der Waals surface area contributed by atoms with E-state index in [4.69, 9.17) is 10.5 Å². The number of carbonyl (C=O) groups is 2. The van der Waals surface area contributed by atoms with Crippen LogP contribution in [0.1, 0.15) is 29.3 Å². The average Bonchev–Trinajstić information content (AvgIpc) is 2.60. The van der Waals surface area contributed by atoms with Gasteiger partial charge in [-0.2, -0.15) is 0 Å². The van der Waals surface area contributed by atoms with Crippen LogP contribution in [0.2, 0.25) is 0 Å². The summed E-state index contributed by atoms with van der Waals surface area (Å²) in [7, 11) is 0. The van der Waals surface area contributed by atoms with Crippen LogP contribution in [0.25, 0.3) is 0 Å². The fourth-order valence-corrected chi connectivity index (χ4v) is 2.78. The van der Waals surface area contributed by atoms with E-state index in [-0.39, 0.29) is 18.9 Å². The van der Waals surface area contributed by atoms with Gasteiger partial charge in [-0.3, -0.25) is 9.59 Å². The van der Waals surface area contributed by atoms with Gasteiger partial charge in [0, 0.05) is 24.0 Å². The molecule has 0 aliphatic rings. The molecule has 2 amide bonds.